The van der Waals surface area contributed by atoms with E-state index in [1.807, 2.05) is 0 Å². The Morgan fingerprint density at radius 1 is 1.05 bits per heavy atom. The molecular formula is C8H10Cl2F7O2P. The van der Waals surface area contributed by atoms with Crippen LogP contribution in [0.4, 0.5) is 30.7 Å². The second-order valence-electron chi connectivity index (χ2n) is 3.55. The van der Waals surface area contributed by atoms with Crippen LogP contribution in [0, 0.1) is 0 Å². The monoisotopic (exact) mass is 372 g/mol. The first-order valence-electron chi connectivity index (χ1n) is 4.96. The van der Waals surface area contributed by atoms with E-state index in [-0.39, 0.29) is 6.61 Å². The molecule has 0 aromatic carbocycles. The number of alkyl halides is 9. The smallest absolute Gasteiger partial charge is 0.337 e. The van der Waals surface area contributed by atoms with E-state index < -0.39 is 37.5 Å². The standard InChI is InChI=1S/C8H10Cl2F7O2P/c1-3-18-20-19-4(2)5(11,12)7(14,15)6(9,13)8(10,16)17/h4,20H,3H2,1-2H3. The first kappa shape index (κ1) is 20.4. The maximum atomic E-state index is 13.4. The summed E-state index contributed by atoms with van der Waals surface area (Å²) in [6.07, 6.45) is -2.64. The van der Waals surface area contributed by atoms with Gasteiger partial charge in [-0.1, -0.05) is 11.6 Å². The van der Waals surface area contributed by atoms with Gasteiger partial charge in [0.25, 0.3) is 0 Å². The van der Waals surface area contributed by atoms with Crippen molar-refractivity contribution in [1.82, 2.24) is 0 Å². The highest BCUT2D eigenvalue weighted by Gasteiger charge is 2.79. The van der Waals surface area contributed by atoms with E-state index in [1.165, 1.54) is 6.92 Å². The van der Waals surface area contributed by atoms with Crippen LogP contribution in [0.25, 0.3) is 0 Å². The third kappa shape index (κ3) is 3.80. The van der Waals surface area contributed by atoms with Crippen LogP contribution in [0.15, 0.2) is 0 Å². The molecule has 20 heavy (non-hydrogen) atoms. The van der Waals surface area contributed by atoms with E-state index in [4.69, 9.17) is 0 Å². The summed E-state index contributed by atoms with van der Waals surface area (Å²) in [5, 5.41) is -10.9. The zero-order valence-electron chi connectivity index (χ0n) is 10.0. The molecule has 12 heteroatoms. The number of hydrogen-bond acceptors (Lipinski definition) is 2. The van der Waals surface area contributed by atoms with Gasteiger partial charge in [0.15, 0.2) is 9.03 Å². The summed E-state index contributed by atoms with van der Waals surface area (Å²) in [4.78, 5) is 0. The predicted octanol–water partition coefficient (Wildman–Crippen LogP) is 4.94. The molecule has 3 unspecified atom stereocenters. The fourth-order valence-corrected chi connectivity index (χ4v) is 1.60. The molecule has 0 bridgehead atoms. The van der Waals surface area contributed by atoms with Crippen LogP contribution in [0.2, 0.25) is 0 Å². The van der Waals surface area contributed by atoms with E-state index in [9.17, 15) is 30.7 Å². The lowest BCUT2D eigenvalue weighted by Crippen LogP contribution is -2.63. The molecule has 122 valence electrons. The summed E-state index contributed by atoms with van der Waals surface area (Å²) in [6, 6.07) is 0. The van der Waals surface area contributed by atoms with Gasteiger partial charge >= 0.3 is 22.4 Å². The molecule has 0 aliphatic heterocycles. The SMILES string of the molecule is CCOPOC(C)C(F)(F)C(F)(F)C(F)(Cl)C(F)(F)Cl. The zero-order chi connectivity index (χ0) is 16.4. The quantitative estimate of drug-likeness (QED) is 0.260. The number of rotatable bonds is 8. The molecule has 3 atom stereocenters. The first-order valence-corrected chi connectivity index (χ1v) is 6.53. The van der Waals surface area contributed by atoms with E-state index in [0.717, 1.165) is 0 Å². The normalized spacial score (nSPS) is 19.4. The van der Waals surface area contributed by atoms with Crippen LogP contribution in [0.5, 0.6) is 0 Å². The van der Waals surface area contributed by atoms with Crippen molar-refractivity contribution in [2.45, 2.75) is 42.3 Å². The zero-order valence-corrected chi connectivity index (χ0v) is 12.5. The van der Waals surface area contributed by atoms with Crippen LogP contribution in [0.3, 0.4) is 0 Å². The van der Waals surface area contributed by atoms with E-state index >= 15 is 0 Å². The molecule has 0 radical (unpaired) electrons. The van der Waals surface area contributed by atoms with Crippen molar-refractivity contribution in [2.24, 2.45) is 0 Å². The minimum Gasteiger partial charge on any atom is -0.337 e. The average Bonchev–Trinajstić information content (AvgIpc) is 2.27. The number of halogens is 9. The summed E-state index contributed by atoms with van der Waals surface area (Å²) in [5.74, 6) is -11.4. The topological polar surface area (TPSA) is 18.5 Å². The highest BCUT2D eigenvalue weighted by molar-refractivity contribution is 7.26. The lowest BCUT2D eigenvalue weighted by molar-refractivity contribution is -0.299. The summed E-state index contributed by atoms with van der Waals surface area (Å²) in [7, 11) is -1.06. The van der Waals surface area contributed by atoms with Gasteiger partial charge < -0.3 is 9.05 Å². The lowest BCUT2D eigenvalue weighted by Gasteiger charge is -2.37. The second-order valence-corrected chi connectivity index (χ2v) is 5.23. The van der Waals surface area contributed by atoms with Gasteiger partial charge in [-0.15, -0.1) is 0 Å². The number of hydrogen-bond donors (Lipinski definition) is 0. The third-order valence-corrected chi connectivity index (χ3v) is 3.80. The van der Waals surface area contributed by atoms with Gasteiger partial charge in [0.2, 0.25) is 0 Å². The van der Waals surface area contributed by atoms with Crippen molar-refractivity contribution in [3.63, 3.8) is 0 Å². The molecule has 0 heterocycles. The fourth-order valence-electron chi connectivity index (χ4n) is 0.882. The summed E-state index contributed by atoms with van der Waals surface area (Å²) in [5.41, 5.74) is 0. The van der Waals surface area contributed by atoms with Gasteiger partial charge in [-0.05, 0) is 25.4 Å². The molecule has 2 nitrogen and oxygen atoms in total. The Bertz CT molecular complexity index is 324. The van der Waals surface area contributed by atoms with Crippen molar-refractivity contribution >= 4 is 32.2 Å². The molecule has 0 N–H and O–H groups in total. The Morgan fingerprint density at radius 2 is 1.50 bits per heavy atom. The highest BCUT2D eigenvalue weighted by atomic mass is 35.5. The summed E-state index contributed by atoms with van der Waals surface area (Å²) >= 11 is 8.26. The van der Waals surface area contributed by atoms with E-state index in [2.05, 4.69) is 32.2 Å². The van der Waals surface area contributed by atoms with Gasteiger partial charge in [0, 0.05) is 0 Å². The Morgan fingerprint density at radius 3 is 1.85 bits per heavy atom. The second kappa shape index (κ2) is 6.69. The van der Waals surface area contributed by atoms with Gasteiger partial charge in [-0.2, -0.15) is 26.3 Å². The Hall–Kier alpha value is 0.440. The Balaban J connectivity index is 5.25. The van der Waals surface area contributed by atoms with Crippen LogP contribution in [-0.2, 0) is 9.05 Å². The minimum atomic E-state index is -6.00. The van der Waals surface area contributed by atoms with Crippen molar-refractivity contribution < 1.29 is 39.8 Å². The van der Waals surface area contributed by atoms with Gasteiger partial charge in [0.1, 0.15) is 6.10 Å². The van der Waals surface area contributed by atoms with Crippen LogP contribution in [0.1, 0.15) is 13.8 Å². The van der Waals surface area contributed by atoms with Crippen LogP contribution >= 0.6 is 32.2 Å². The average molecular weight is 373 g/mol. The molecule has 0 saturated carbocycles. The molecule has 0 aromatic heterocycles. The van der Waals surface area contributed by atoms with Gasteiger partial charge in [0.05, 0.1) is 6.61 Å². The molecule has 0 saturated heterocycles. The van der Waals surface area contributed by atoms with Crippen molar-refractivity contribution in [3.05, 3.63) is 0 Å². The van der Waals surface area contributed by atoms with Crippen molar-refractivity contribution in [1.29, 1.82) is 0 Å². The molecule has 0 aliphatic rings. The molecule has 0 amide bonds. The van der Waals surface area contributed by atoms with E-state index in [0.29, 0.717) is 6.92 Å². The maximum absolute atomic E-state index is 13.4. The van der Waals surface area contributed by atoms with Crippen molar-refractivity contribution in [2.75, 3.05) is 6.61 Å². The molecule has 0 aromatic rings. The first-order chi connectivity index (χ1) is 8.73. The fraction of sp³-hybridized carbons (Fsp3) is 1.00. The summed E-state index contributed by atoms with van der Waals surface area (Å²) in [6.45, 7) is 1.93. The predicted molar refractivity (Wildman–Crippen MR) is 60.9 cm³/mol. The van der Waals surface area contributed by atoms with Crippen molar-refractivity contribution in [3.8, 4) is 0 Å². The van der Waals surface area contributed by atoms with Crippen LogP contribution in [-0.4, -0.2) is 35.1 Å². The Labute approximate surface area is 121 Å². The third-order valence-electron chi connectivity index (χ3n) is 2.11. The maximum Gasteiger partial charge on any atom is 0.375 e. The Kier molecular flexibility index (Phi) is 6.83. The molecule has 0 rings (SSSR count). The van der Waals surface area contributed by atoms with Gasteiger partial charge in [-0.25, -0.2) is 4.39 Å². The minimum absolute atomic E-state index is 0.0371. The lowest BCUT2D eigenvalue weighted by atomic mass is 10.0. The van der Waals surface area contributed by atoms with Crippen LogP contribution < -0.4 is 0 Å². The molecular weight excluding hydrogens is 363 g/mol. The molecule has 0 spiro atoms. The molecule has 0 aliphatic carbocycles. The van der Waals surface area contributed by atoms with Gasteiger partial charge in [-0.3, -0.25) is 0 Å². The largest absolute Gasteiger partial charge is 0.375 e. The highest BCUT2D eigenvalue weighted by Crippen LogP contribution is 2.56. The summed E-state index contributed by atoms with van der Waals surface area (Å²) < 4.78 is 100. The van der Waals surface area contributed by atoms with E-state index in [1.54, 1.807) is 0 Å². The molecule has 0 fully saturated rings.